The van der Waals surface area contributed by atoms with Crippen LogP contribution in [0.5, 0.6) is 5.75 Å². The number of carbonyl (C=O) groups is 1. The maximum Gasteiger partial charge on any atom is 0.326 e. The smallest absolute Gasteiger partial charge is 0.326 e. The van der Waals surface area contributed by atoms with Crippen molar-refractivity contribution >= 4 is 22.8 Å². The number of piperidine rings is 1. The number of amidine groups is 1. The van der Waals surface area contributed by atoms with Gasteiger partial charge in [-0.25, -0.2) is 4.79 Å². The van der Waals surface area contributed by atoms with E-state index in [2.05, 4.69) is 21.3 Å². The SMILES string of the molecule is COc1cc2c(cc1CO)CC[C@H]1N=C(NC(=O)CN3CCC(n4c(=O)[nH]c5ccccc54)CC3)C[C@@H]21. The highest BCUT2D eigenvalue weighted by Crippen LogP contribution is 2.42. The molecular formula is C28H33N5O4. The molecule has 0 bridgehead atoms. The number of nitrogens with zero attached hydrogens (tertiary/aromatic N) is 3. The zero-order valence-corrected chi connectivity index (χ0v) is 21.1. The second-order valence-electron chi connectivity index (χ2n) is 10.4. The van der Waals surface area contributed by atoms with E-state index in [1.54, 1.807) is 7.11 Å². The summed E-state index contributed by atoms with van der Waals surface area (Å²) >= 11 is 0. The van der Waals surface area contributed by atoms with Crippen molar-refractivity contribution in [1.82, 2.24) is 19.8 Å². The van der Waals surface area contributed by atoms with Crippen LogP contribution in [0.3, 0.4) is 0 Å². The van der Waals surface area contributed by atoms with Crippen LogP contribution in [0.4, 0.5) is 0 Å². The molecule has 37 heavy (non-hydrogen) atoms. The van der Waals surface area contributed by atoms with Crippen molar-refractivity contribution in [2.75, 3.05) is 26.7 Å². The minimum Gasteiger partial charge on any atom is -0.496 e. The number of rotatable bonds is 5. The minimum atomic E-state index is -0.0649. The molecule has 2 aromatic carbocycles. The van der Waals surface area contributed by atoms with E-state index < -0.39 is 0 Å². The van der Waals surface area contributed by atoms with Crippen molar-refractivity contribution in [2.45, 2.75) is 56.7 Å². The number of likely N-dealkylation sites (tertiary alicyclic amines) is 1. The fourth-order valence-corrected chi connectivity index (χ4v) is 6.40. The molecule has 3 aromatic rings. The van der Waals surface area contributed by atoms with Crippen LogP contribution in [0.1, 0.15) is 54.3 Å². The minimum absolute atomic E-state index is 0.0338. The fourth-order valence-electron chi connectivity index (χ4n) is 6.40. The van der Waals surface area contributed by atoms with Crippen molar-refractivity contribution in [3.8, 4) is 5.75 Å². The van der Waals surface area contributed by atoms with Gasteiger partial charge in [0.2, 0.25) is 5.91 Å². The van der Waals surface area contributed by atoms with Crippen LogP contribution in [-0.2, 0) is 17.8 Å². The summed E-state index contributed by atoms with van der Waals surface area (Å²) < 4.78 is 7.37. The lowest BCUT2D eigenvalue weighted by Crippen LogP contribution is -2.44. The first-order valence-electron chi connectivity index (χ1n) is 13.1. The molecule has 0 radical (unpaired) electrons. The van der Waals surface area contributed by atoms with Gasteiger partial charge in [0.25, 0.3) is 0 Å². The number of aromatic nitrogens is 2. The Morgan fingerprint density at radius 2 is 2.03 bits per heavy atom. The quantitative estimate of drug-likeness (QED) is 0.495. The van der Waals surface area contributed by atoms with E-state index in [4.69, 9.17) is 9.73 Å². The van der Waals surface area contributed by atoms with E-state index in [-0.39, 0.29) is 36.2 Å². The fraction of sp³-hybridized carbons (Fsp3) is 0.464. The van der Waals surface area contributed by atoms with E-state index in [0.717, 1.165) is 61.2 Å². The number of fused-ring (bicyclic) bond motifs is 4. The average Bonchev–Trinajstić information content (AvgIpc) is 3.47. The Balaban J connectivity index is 1.05. The van der Waals surface area contributed by atoms with Gasteiger partial charge in [0.15, 0.2) is 0 Å². The maximum atomic E-state index is 12.9. The summed E-state index contributed by atoms with van der Waals surface area (Å²) in [6, 6.07) is 12.2. The number of H-pyrrole nitrogens is 1. The van der Waals surface area contributed by atoms with E-state index in [9.17, 15) is 14.7 Å². The first-order chi connectivity index (χ1) is 18.0. The second kappa shape index (κ2) is 9.79. The van der Waals surface area contributed by atoms with Crippen LogP contribution in [-0.4, -0.2) is 64.1 Å². The molecule has 1 fully saturated rings. The lowest BCUT2D eigenvalue weighted by molar-refractivity contribution is -0.121. The number of nitrogens with one attached hydrogen (secondary N) is 2. The van der Waals surface area contributed by atoms with Crippen molar-refractivity contribution in [3.05, 3.63) is 63.6 Å². The van der Waals surface area contributed by atoms with Crippen molar-refractivity contribution in [2.24, 2.45) is 4.99 Å². The summed E-state index contributed by atoms with van der Waals surface area (Å²) in [5.41, 5.74) is 5.01. The zero-order valence-electron chi connectivity index (χ0n) is 21.1. The van der Waals surface area contributed by atoms with E-state index in [1.165, 1.54) is 11.1 Å². The molecule has 9 nitrogen and oxygen atoms in total. The Hall–Kier alpha value is -3.43. The first kappa shape index (κ1) is 23.9. The third-order valence-corrected chi connectivity index (χ3v) is 8.22. The third-order valence-electron chi connectivity index (χ3n) is 8.22. The van der Waals surface area contributed by atoms with E-state index >= 15 is 0 Å². The number of aliphatic hydroxyl groups excluding tert-OH is 1. The van der Waals surface area contributed by atoms with Crippen LogP contribution in [0.25, 0.3) is 11.0 Å². The molecule has 1 amide bonds. The van der Waals surface area contributed by atoms with E-state index in [0.29, 0.717) is 18.7 Å². The summed E-state index contributed by atoms with van der Waals surface area (Å²) in [5.74, 6) is 1.66. The molecule has 9 heteroatoms. The number of para-hydroxylation sites is 2. The van der Waals surface area contributed by atoms with Crippen molar-refractivity contribution in [1.29, 1.82) is 0 Å². The number of hydrogen-bond donors (Lipinski definition) is 3. The number of aryl methyl sites for hydroxylation is 1. The first-order valence-corrected chi connectivity index (χ1v) is 13.1. The number of aliphatic hydroxyl groups is 1. The number of amides is 1. The highest BCUT2D eigenvalue weighted by atomic mass is 16.5. The number of carbonyl (C=O) groups excluding carboxylic acids is 1. The Morgan fingerprint density at radius 1 is 1.22 bits per heavy atom. The maximum absolute atomic E-state index is 12.9. The number of aromatic amines is 1. The number of hydrogen-bond acceptors (Lipinski definition) is 6. The Morgan fingerprint density at radius 3 is 2.81 bits per heavy atom. The van der Waals surface area contributed by atoms with Gasteiger partial charge in [0.1, 0.15) is 11.6 Å². The van der Waals surface area contributed by atoms with Gasteiger partial charge >= 0.3 is 5.69 Å². The molecule has 1 aliphatic carbocycles. The van der Waals surface area contributed by atoms with Gasteiger partial charge in [-0.1, -0.05) is 12.1 Å². The molecule has 3 heterocycles. The van der Waals surface area contributed by atoms with Crippen molar-refractivity contribution < 1.29 is 14.6 Å². The predicted molar refractivity (Wildman–Crippen MR) is 141 cm³/mol. The normalized spacial score (nSPS) is 21.9. The number of methoxy groups -OCH3 is 1. The number of imidazole rings is 1. The van der Waals surface area contributed by atoms with Gasteiger partial charge in [0.05, 0.1) is 37.3 Å². The van der Waals surface area contributed by atoms with Gasteiger partial charge in [-0.05, 0) is 61.1 Å². The van der Waals surface area contributed by atoms with Gasteiger partial charge in [0, 0.05) is 37.0 Å². The summed E-state index contributed by atoms with van der Waals surface area (Å²) in [4.78, 5) is 35.4. The second-order valence-corrected chi connectivity index (χ2v) is 10.4. The van der Waals surface area contributed by atoms with Crippen LogP contribution in [0.15, 0.2) is 46.2 Å². The largest absolute Gasteiger partial charge is 0.496 e. The van der Waals surface area contributed by atoms with Crippen LogP contribution in [0, 0.1) is 0 Å². The Bertz CT molecular complexity index is 1420. The topological polar surface area (TPSA) is 112 Å². The molecule has 6 rings (SSSR count). The molecule has 3 aliphatic rings. The van der Waals surface area contributed by atoms with Gasteiger partial charge in [-0.2, -0.15) is 0 Å². The molecule has 2 atom stereocenters. The van der Waals surface area contributed by atoms with Gasteiger partial charge in [-0.3, -0.25) is 19.3 Å². The number of aliphatic imine (C=N–C) groups is 1. The molecule has 1 saturated heterocycles. The van der Waals surface area contributed by atoms with Crippen LogP contribution >= 0.6 is 0 Å². The monoisotopic (exact) mass is 503 g/mol. The molecule has 194 valence electrons. The molecular weight excluding hydrogens is 470 g/mol. The van der Waals surface area contributed by atoms with Crippen LogP contribution in [0.2, 0.25) is 0 Å². The van der Waals surface area contributed by atoms with E-state index in [1.807, 2.05) is 34.9 Å². The third kappa shape index (κ3) is 4.46. The summed E-state index contributed by atoms with van der Waals surface area (Å²) in [6.45, 7) is 1.82. The molecule has 0 spiro atoms. The Kier molecular flexibility index (Phi) is 6.34. The molecule has 0 unspecified atom stereocenters. The van der Waals surface area contributed by atoms with Crippen LogP contribution < -0.4 is 15.7 Å². The lowest BCUT2D eigenvalue weighted by Gasteiger charge is -2.32. The molecule has 0 saturated carbocycles. The molecule has 3 N–H and O–H groups in total. The Labute approximate surface area is 215 Å². The standard InChI is InChI=1S/C28H33N5O4/c1-37-25-13-20-17(12-18(25)16-34)6-7-22-21(20)14-26(29-22)31-27(35)15-32-10-8-19(9-11-32)33-24-5-3-2-4-23(24)30-28(33)36/h2-5,12-13,19,21-22,34H,6-11,14-16H2,1H3,(H,30,36)(H,29,31,35)/t21-,22+/m0/s1. The summed E-state index contributed by atoms with van der Waals surface area (Å²) in [7, 11) is 1.62. The summed E-state index contributed by atoms with van der Waals surface area (Å²) in [5, 5.41) is 12.7. The zero-order chi connectivity index (χ0) is 25.5. The number of benzene rings is 2. The highest BCUT2D eigenvalue weighted by molar-refractivity contribution is 6.00. The molecule has 2 aliphatic heterocycles. The van der Waals surface area contributed by atoms with Gasteiger partial charge in [-0.15, -0.1) is 0 Å². The predicted octanol–water partition coefficient (Wildman–Crippen LogP) is 2.48. The summed E-state index contributed by atoms with van der Waals surface area (Å²) in [6.07, 6.45) is 4.21. The average molecular weight is 504 g/mol. The van der Waals surface area contributed by atoms with Crippen molar-refractivity contribution in [3.63, 3.8) is 0 Å². The number of ether oxygens (including phenoxy) is 1. The molecule has 1 aromatic heterocycles. The highest BCUT2D eigenvalue weighted by Gasteiger charge is 2.36. The lowest BCUT2D eigenvalue weighted by atomic mass is 9.78. The van der Waals surface area contributed by atoms with Gasteiger partial charge < -0.3 is 20.1 Å².